The second-order valence-corrected chi connectivity index (χ2v) is 6.75. The van der Waals surface area contributed by atoms with Gasteiger partial charge in [-0.05, 0) is 5.04 Å². The van der Waals surface area contributed by atoms with Gasteiger partial charge in [-0.25, -0.2) is 0 Å². The molecule has 0 saturated heterocycles. The largest absolute Gasteiger partial charge is 0.412 e. The van der Waals surface area contributed by atoms with Gasteiger partial charge in [0, 0.05) is 8.80 Å². The van der Waals surface area contributed by atoms with Crippen LogP contribution < -0.4 is 0 Å². The normalized spacial score (nSPS) is 11.2. The highest BCUT2D eigenvalue weighted by atomic mass is 28.3. The van der Waals surface area contributed by atoms with Crippen molar-refractivity contribution in [1.82, 2.24) is 0 Å². The van der Waals surface area contributed by atoms with Crippen LogP contribution in [0.4, 0.5) is 0 Å². The molecule has 0 unspecified atom stereocenters. The maximum atomic E-state index is 2.35. The van der Waals surface area contributed by atoms with E-state index in [1.54, 1.807) is 0 Å². The summed E-state index contributed by atoms with van der Waals surface area (Å²) in [6.07, 6.45) is 0. The first-order chi connectivity index (χ1) is 2.94. The van der Waals surface area contributed by atoms with Crippen LogP contribution in [0.1, 0.15) is 20.8 Å². The first kappa shape index (κ1) is 11.0. The van der Waals surface area contributed by atoms with Crippen molar-refractivity contribution in [3.05, 3.63) is 0 Å². The van der Waals surface area contributed by atoms with Crippen LogP contribution in [0.3, 0.4) is 0 Å². The third-order valence-electron chi connectivity index (χ3n) is 1.50. The van der Waals surface area contributed by atoms with E-state index in [9.17, 15) is 0 Å². The molecule has 51 valence electrons. The van der Waals surface area contributed by atoms with Crippen LogP contribution in [0.2, 0.25) is 18.1 Å². The molecule has 0 spiro atoms. The van der Waals surface area contributed by atoms with E-state index in [1.807, 2.05) is 0 Å². The van der Waals surface area contributed by atoms with Crippen LogP contribution in [-0.2, 0) is 0 Å². The molecule has 2 heteroatoms. The summed E-state index contributed by atoms with van der Waals surface area (Å²) in [5.74, 6) is 0. The highest BCUT2D eigenvalue weighted by Gasteiger charge is 2.15. The van der Waals surface area contributed by atoms with Gasteiger partial charge in [0.1, 0.15) is 0 Å². The zero-order chi connectivity index (χ0) is 6.08. The lowest BCUT2D eigenvalue weighted by Gasteiger charge is -2.20. The van der Waals surface area contributed by atoms with Gasteiger partial charge in [-0.2, -0.15) is 0 Å². The molecule has 0 aromatic rings. The SMILES string of the molecule is C[Si](C)C(C)(C)C.O. The Labute approximate surface area is 54.0 Å². The van der Waals surface area contributed by atoms with Crippen molar-refractivity contribution in [3.8, 4) is 0 Å². The Morgan fingerprint density at radius 2 is 1.12 bits per heavy atom. The van der Waals surface area contributed by atoms with Crippen LogP contribution in [0.15, 0.2) is 0 Å². The van der Waals surface area contributed by atoms with Crippen molar-refractivity contribution in [2.45, 2.75) is 38.9 Å². The fraction of sp³-hybridized carbons (Fsp3) is 1.00. The Bertz CT molecular complexity index is 54.0. The molecule has 0 fully saturated rings. The third-order valence-corrected chi connectivity index (χ3v) is 4.50. The van der Waals surface area contributed by atoms with E-state index in [0.29, 0.717) is 5.04 Å². The molecule has 0 aliphatic heterocycles. The lowest BCUT2D eigenvalue weighted by Crippen LogP contribution is -2.16. The number of hydrogen-bond acceptors (Lipinski definition) is 0. The van der Waals surface area contributed by atoms with Gasteiger partial charge in [0.05, 0.1) is 0 Å². The molecule has 0 aliphatic rings. The molecule has 0 amide bonds. The van der Waals surface area contributed by atoms with Gasteiger partial charge in [0.25, 0.3) is 0 Å². The second-order valence-electron chi connectivity index (χ2n) is 3.25. The van der Waals surface area contributed by atoms with Crippen LogP contribution in [-0.4, -0.2) is 14.3 Å². The van der Waals surface area contributed by atoms with Crippen LogP contribution in [0, 0.1) is 0 Å². The summed E-state index contributed by atoms with van der Waals surface area (Å²) >= 11 is 0. The van der Waals surface area contributed by atoms with Gasteiger partial charge < -0.3 is 5.48 Å². The maximum Gasteiger partial charge on any atom is 0.0470 e. The molecule has 0 aromatic carbocycles. The molecule has 0 aliphatic carbocycles. The topological polar surface area (TPSA) is 31.5 Å². The molecule has 1 radical (unpaired) electrons. The van der Waals surface area contributed by atoms with Gasteiger partial charge in [-0.1, -0.05) is 33.9 Å². The average Bonchev–Trinajstić information content (AvgIpc) is 1.31. The standard InChI is InChI=1S/C6H15Si.H2O/c1-6(2,3)7(4)5;/h1-5H3;1H2. The molecule has 0 saturated carbocycles. The van der Waals surface area contributed by atoms with Crippen LogP contribution in [0.5, 0.6) is 0 Å². The third kappa shape index (κ3) is 4.34. The Morgan fingerprint density at radius 1 is 1.00 bits per heavy atom. The summed E-state index contributed by atoms with van der Waals surface area (Å²) in [5, 5.41) is 0.602. The zero-order valence-corrected chi connectivity index (χ0v) is 7.50. The molecule has 0 heterocycles. The Balaban J connectivity index is 0. The number of hydrogen-bond donors (Lipinski definition) is 0. The van der Waals surface area contributed by atoms with Gasteiger partial charge in [-0.3, -0.25) is 0 Å². The fourth-order valence-electron chi connectivity index (χ4n) is 0. The summed E-state index contributed by atoms with van der Waals surface area (Å²) in [4.78, 5) is 0. The fourth-order valence-corrected chi connectivity index (χ4v) is 0. The van der Waals surface area contributed by atoms with E-state index in [-0.39, 0.29) is 14.3 Å². The van der Waals surface area contributed by atoms with Crippen molar-refractivity contribution < 1.29 is 5.48 Å². The molecule has 0 aromatic heterocycles. The minimum Gasteiger partial charge on any atom is -0.412 e. The van der Waals surface area contributed by atoms with Gasteiger partial charge in [0.2, 0.25) is 0 Å². The van der Waals surface area contributed by atoms with Crippen molar-refractivity contribution >= 4 is 8.80 Å². The van der Waals surface area contributed by atoms with E-state index in [2.05, 4.69) is 33.9 Å². The lowest BCUT2D eigenvalue weighted by molar-refractivity contribution is 0.742. The Kier molecular flexibility index (Phi) is 4.49. The minimum absolute atomic E-state index is 0. The summed E-state index contributed by atoms with van der Waals surface area (Å²) < 4.78 is 0. The van der Waals surface area contributed by atoms with E-state index in [0.717, 1.165) is 0 Å². The summed E-state index contributed by atoms with van der Waals surface area (Å²) in [6.45, 7) is 11.6. The smallest absolute Gasteiger partial charge is 0.0470 e. The summed E-state index contributed by atoms with van der Waals surface area (Å²) in [6, 6.07) is 0. The number of rotatable bonds is 0. The van der Waals surface area contributed by atoms with Gasteiger partial charge in [0.15, 0.2) is 0 Å². The molecule has 0 bridgehead atoms. The molecule has 0 rings (SSSR count). The predicted octanol–water partition coefficient (Wildman–Crippen LogP) is 1.72. The molecule has 2 N–H and O–H groups in total. The quantitative estimate of drug-likeness (QED) is 0.451. The Hall–Kier alpha value is 0.177. The van der Waals surface area contributed by atoms with Gasteiger partial charge >= 0.3 is 0 Å². The molecule has 8 heavy (non-hydrogen) atoms. The predicted molar refractivity (Wildman–Crippen MR) is 40.8 cm³/mol. The zero-order valence-electron chi connectivity index (χ0n) is 6.50. The monoisotopic (exact) mass is 133 g/mol. The first-order valence-corrected chi connectivity index (χ1v) is 5.25. The van der Waals surface area contributed by atoms with E-state index in [4.69, 9.17) is 0 Å². The average molecular weight is 133 g/mol. The van der Waals surface area contributed by atoms with Crippen molar-refractivity contribution in [1.29, 1.82) is 0 Å². The maximum absolute atomic E-state index is 2.35. The summed E-state index contributed by atoms with van der Waals surface area (Å²) in [5.41, 5.74) is 0. The molecule has 1 nitrogen and oxygen atoms in total. The van der Waals surface area contributed by atoms with Crippen LogP contribution in [0.25, 0.3) is 0 Å². The van der Waals surface area contributed by atoms with Gasteiger partial charge in [-0.15, -0.1) is 0 Å². The highest BCUT2D eigenvalue weighted by Crippen LogP contribution is 2.25. The highest BCUT2D eigenvalue weighted by molar-refractivity contribution is 6.59. The van der Waals surface area contributed by atoms with Crippen molar-refractivity contribution in [2.75, 3.05) is 0 Å². The van der Waals surface area contributed by atoms with Crippen molar-refractivity contribution in [3.63, 3.8) is 0 Å². The van der Waals surface area contributed by atoms with E-state index in [1.165, 1.54) is 0 Å². The van der Waals surface area contributed by atoms with E-state index >= 15 is 0 Å². The molecule has 0 atom stereocenters. The van der Waals surface area contributed by atoms with E-state index < -0.39 is 0 Å². The second kappa shape index (κ2) is 3.25. The minimum atomic E-state index is -0.0502. The Morgan fingerprint density at radius 3 is 1.12 bits per heavy atom. The lowest BCUT2D eigenvalue weighted by atomic mass is 10.2. The first-order valence-electron chi connectivity index (χ1n) is 2.75. The summed E-state index contributed by atoms with van der Waals surface area (Å²) in [7, 11) is -0.0502. The molecular formula is C6H17OSi. The molecular weight excluding hydrogens is 116 g/mol. The van der Waals surface area contributed by atoms with Crippen LogP contribution >= 0.6 is 0 Å². The van der Waals surface area contributed by atoms with Crippen molar-refractivity contribution in [2.24, 2.45) is 0 Å².